The van der Waals surface area contributed by atoms with Gasteiger partial charge in [0.15, 0.2) is 0 Å². The Kier molecular flexibility index (Phi) is 2.78. The van der Waals surface area contributed by atoms with Crippen LogP contribution in [-0.2, 0) is 4.79 Å². The Labute approximate surface area is 42.9 Å². The van der Waals surface area contributed by atoms with Crippen LogP contribution in [0.15, 0.2) is 0 Å². The van der Waals surface area contributed by atoms with Crippen LogP contribution in [0.1, 0.15) is 6.92 Å². The maximum atomic E-state index is 9.97. The lowest BCUT2D eigenvalue weighted by Gasteiger charge is -1.88. The van der Waals surface area contributed by atoms with E-state index in [1.54, 1.807) is 0 Å². The van der Waals surface area contributed by atoms with Crippen molar-refractivity contribution in [3.8, 4) is 5.92 Å². The summed E-state index contributed by atoms with van der Waals surface area (Å²) < 4.78 is 0. The molecule has 1 radical (unpaired) electrons. The van der Waals surface area contributed by atoms with Crippen molar-refractivity contribution in [3.63, 3.8) is 0 Å². The summed E-state index contributed by atoms with van der Waals surface area (Å²) in [5.74, 6) is 1.89. The molecule has 0 bridgehead atoms. The first-order valence-electron chi connectivity index (χ1n) is 1.91. The molecule has 0 unspecified atom stereocenters. The molecule has 0 rings (SSSR count). The summed E-state index contributed by atoms with van der Waals surface area (Å²) in [6, 6.07) is 0. The van der Waals surface area contributed by atoms with Gasteiger partial charge in [-0.25, -0.2) is 0 Å². The zero-order valence-corrected chi connectivity index (χ0v) is 4.12. The minimum absolute atomic E-state index is 0.125. The van der Waals surface area contributed by atoms with Crippen molar-refractivity contribution in [2.45, 2.75) is 6.92 Å². The summed E-state index contributed by atoms with van der Waals surface area (Å²) in [7, 11) is 0. The molecule has 2 nitrogen and oxygen atoms in total. The lowest BCUT2D eigenvalue weighted by molar-refractivity contribution is -0.118. The molecule has 0 fully saturated rings. The van der Waals surface area contributed by atoms with Crippen LogP contribution in [0.5, 0.6) is 0 Å². The third-order valence-corrected chi connectivity index (χ3v) is 0.426. The first-order chi connectivity index (χ1) is 3.27. The fourth-order valence-corrected chi connectivity index (χ4v) is 0.169. The van der Waals surface area contributed by atoms with Gasteiger partial charge in [0.1, 0.15) is 0 Å². The van der Waals surface area contributed by atoms with E-state index >= 15 is 0 Å². The molecule has 0 saturated carbocycles. The molecule has 0 aromatic heterocycles. The van der Waals surface area contributed by atoms with Crippen molar-refractivity contribution in [1.29, 1.82) is 0 Å². The van der Waals surface area contributed by atoms with Crippen molar-refractivity contribution in [2.75, 3.05) is 6.54 Å². The Morgan fingerprint density at radius 2 is 2.57 bits per heavy atom. The summed E-state index contributed by atoms with van der Waals surface area (Å²) in [5, 5.41) is 2.36. The molecule has 0 aromatic rings. The van der Waals surface area contributed by atoms with E-state index in [0.717, 1.165) is 0 Å². The molecular weight excluding hydrogens is 90.1 g/mol. The predicted molar refractivity (Wildman–Crippen MR) is 25.8 cm³/mol. The summed E-state index contributed by atoms with van der Waals surface area (Å²) in [5.41, 5.74) is 0. The first kappa shape index (κ1) is 6.03. The lowest BCUT2D eigenvalue weighted by Crippen LogP contribution is -2.19. The van der Waals surface area contributed by atoms with Crippen LogP contribution in [0.4, 0.5) is 0 Å². The second-order valence-electron chi connectivity index (χ2n) is 1.09. The number of rotatable bonds is 1. The van der Waals surface area contributed by atoms with Crippen LogP contribution in [0.3, 0.4) is 0 Å². The minimum atomic E-state index is -0.125. The van der Waals surface area contributed by atoms with E-state index in [0.29, 0.717) is 0 Å². The fourth-order valence-electron chi connectivity index (χ4n) is 0.169. The average Bonchev–Trinajstić information content (AvgIpc) is 1.61. The largest absolute Gasteiger partial charge is 0.345 e. The van der Waals surface area contributed by atoms with Crippen molar-refractivity contribution in [1.82, 2.24) is 5.32 Å². The second-order valence-corrected chi connectivity index (χ2v) is 1.09. The van der Waals surface area contributed by atoms with Crippen molar-refractivity contribution in [2.24, 2.45) is 0 Å². The summed E-state index contributed by atoms with van der Waals surface area (Å²) in [6.45, 7) is 1.62. The summed E-state index contributed by atoms with van der Waals surface area (Å²) in [6.07, 6.45) is 6.33. The van der Waals surface area contributed by atoms with Gasteiger partial charge in [-0.3, -0.25) is 4.79 Å². The molecule has 0 atom stereocenters. The van der Waals surface area contributed by atoms with Crippen LogP contribution in [0.25, 0.3) is 0 Å². The van der Waals surface area contributed by atoms with E-state index in [4.69, 9.17) is 6.42 Å². The molecule has 0 heterocycles. The van der Waals surface area contributed by atoms with E-state index in [2.05, 4.69) is 5.32 Å². The molecule has 1 N–H and O–H groups in total. The van der Waals surface area contributed by atoms with E-state index in [-0.39, 0.29) is 12.5 Å². The zero-order valence-electron chi connectivity index (χ0n) is 4.12. The number of amides is 1. The van der Waals surface area contributed by atoms with Gasteiger partial charge in [-0.2, -0.15) is 0 Å². The fraction of sp³-hybridized carbons (Fsp3) is 0.400. The molecule has 0 aromatic carbocycles. The maximum absolute atomic E-state index is 9.97. The van der Waals surface area contributed by atoms with Crippen LogP contribution in [0, 0.1) is 12.3 Å². The Morgan fingerprint density at radius 3 is 2.71 bits per heavy atom. The Hall–Kier alpha value is -0.970. The molecule has 2 heteroatoms. The van der Waals surface area contributed by atoms with Crippen LogP contribution in [0.2, 0.25) is 0 Å². The van der Waals surface area contributed by atoms with Gasteiger partial charge in [-0.15, -0.1) is 0 Å². The van der Waals surface area contributed by atoms with Crippen molar-refractivity contribution < 1.29 is 4.79 Å². The normalized spacial score (nSPS) is 6.86. The van der Waals surface area contributed by atoms with Gasteiger partial charge in [-0.05, 0) is 6.42 Å². The zero-order chi connectivity index (χ0) is 5.70. The molecule has 0 spiro atoms. The molecular formula is C5H6NO. The molecule has 1 amide bonds. The van der Waals surface area contributed by atoms with Gasteiger partial charge in [0.25, 0.3) is 0 Å². The monoisotopic (exact) mass is 96.0 g/mol. The third kappa shape index (κ3) is 5.03. The van der Waals surface area contributed by atoms with Crippen molar-refractivity contribution >= 4 is 5.91 Å². The SMILES string of the molecule is [C]#CCNC(C)=O. The lowest BCUT2D eigenvalue weighted by atomic mass is 10.6. The number of nitrogens with one attached hydrogen (secondary N) is 1. The van der Waals surface area contributed by atoms with E-state index in [9.17, 15) is 4.79 Å². The highest BCUT2D eigenvalue weighted by molar-refractivity contribution is 5.73. The summed E-state index contributed by atoms with van der Waals surface area (Å²) >= 11 is 0. The van der Waals surface area contributed by atoms with Gasteiger partial charge in [0, 0.05) is 6.92 Å². The van der Waals surface area contributed by atoms with Crippen molar-refractivity contribution in [3.05, 3.63) is 6.42 Å². The smallest absolute Gasteiger partial charge is 0.217 e. The highest BCUT2D eigenvalue weighted by atomic mass is 16.1. The van der Waals surface area contributed by atoms with Crippen LogP contribution >= 0.6 is 0 Å². The number of carbonyl (C=O) groups excluding carboxylic acids is 1. The molecule has 7 heavy (non-hydrogen) atoms. The highest BCUT2D eigenvalue weighted by Crippen LogP contribution is 1.55. The minimum Gasteiger partial charge on any atom is -0.345 e. The average molecular weight is 96.1 g/mol. The Balaban J connectivity index is 3.02. The van der Waals surface area contributed by atoms with Gasteiger partial charge in [-0.1, -0.05) is 5.92 Å². The van der Waals surface area contributed by atoms with E-state index in [1.165, 1.54) is 6.92 Å². The van der Waals surface area contributed by atoms with Gasteiger partial charge >= 0.3 is 0 Å². The molecule has 0 saturated heterocycles. The number of carbonyl (C=O) groups is 1. The third-order valence-electron chi connectivity index (χ3n) is 0.426. The topological polar surface area (TPSA) is 29.1 Å². The predicted octanol–water partition coefficient (Wildman–Crippen LogP) is -0.288. The van der Waals surface area contributed by atoms with E-state index in [1.807, 2.05) is 5.92 Å². The number of hydrogen-bond donors (Lipinski definition) is 1. The molecule has 37 valence electrons. The maximum Gasteiger partial charge on any atom is 0.217 e. The highest BCUT2D eigenvalue weighted by Gasteiger charge is 1.81. The molecule has 0 aliphatic heterocycles. The summed E-state index contributed by atoms with van der Waals surface area (Å²) in [4.78, 5) is 9.97. The van der Waals surface area contributed by atoms with Gasteiger partial charge in [0.2, 0.25) is 5.91 Å². The van der Waals surface area contributed by atoms with Crippen LogP contribution in [-0.4, -0.2) is 12.5 Å². The Bertz CT molecular complexity index is 101. The van der Waals surface area contributed by atoms with Gasteiger partial charge in [0.05, 0.1) is 6.54 Å². The molecule has 0 aliphatic carbocycles. The molecule has 0 aliphatic rings. The quantitative estimate of drug-likeness (QED) is 0.446. The number of hydrogen-bond acceptors (Lipinski definition) is 1. The van der Waals surface area contributed by atoms with Gasteiger partial charge < -0.3 is 5.32 Å². The second kappa shape index (κ2) is 3.23. The van der Waals surface area contributed by atoms with E-state index < -0.39 is 0 Å². The van der Waals surface area contributed by atoms with Crippen LogP contribution < -0.4 is 5.32 Å². The Morgan fingerprint density at radius 1 is 2.00 bits per heavy atom. The standard InChI is InChI=1S/C5H6NO/c1-3-4-6-5(2)7/h4H2,2H3,(H,6,7). The first-order valence-corrected chi connectivity index (χ1v) is 1.91.